The van der Waals surface area contributed by atoms with Crippen LogP contribution in [0.3, 0.4) is 0 Å². The van der Waals surface area contributed by atoms with Crippen molar-refractivity contribution in [2.45, 2.75) is 6.92 Å². The summed E-state index contributed by atoms with van der Waals surface area (Å²) in [5.41, 5.74) is 0.126. The summed E-state index contributed by atoms with van der Waals surface area (Å²) in [4.78, 5) is 15.8. The van der Waals surface area contributed by atoms with Crippen molar-refractivity contribution in [2.24, 2.45) is 0 Å². The third kappa shape index (κ3) is 2.63. The lowest BCUT2D eigenvalue weighted by atomic mass is 10.2. The van der Waals surface area contributed by atoms with Gasteiger partial charge in [0.15, 0.2) is 0 Å². The van der Waals surface area contributed by atoms with Crippen LogP contribution in [-0.2, 0) is 0 Å². The minimum Gasteiger partial charge on any atom is -0.404 e. The molecule has 0 aliphatic carbocycles. The van der Waals surface area contributed by atoms with E-state index < -0.39 is 5.63 Å². The number of hydrogen-bond donors (Lipinski definition) is 0. The molecule has 1 heterocycles. The van der Waals surface area contributed by atoms with E-state index in [0.717, 1.165) is 0 Å². The molecule has 1 aromatic heterocycles. The third-order valence-corrected chi connectivity index (χ3v) is 2.39. The highest BCUT2D eigenvalue weighted by atomic mass is 35.5. The number of halogens is 1. The van der Waals surface area contributed by atoms with Crippen molar-refractivity contribution in [3.05, 3.63) is 57.8 Å². The summed E-state index contributed by atoms with van der Waals surface area (Å²) in [6, 6.07) is 4.88. The second-order valence-corrected chi connectivity index (χ2v) is 3.82. The number of allylic oxidation sites excluding steroid dienone is 3. The van der Waals surface area contributed by atoms with E-state index >= 15 is 0 Å². The lowest BCUT2D eigenvalue weighted by molar-refractivity contribution is 0.490. The van der Waals surface area contributed by atoms with Gasteiger partial charge in [0.1, 0.15) is 0 Å². The van der Waals surface area contributed by atoms with E-state index in [-0.39, 0.29) is 5.89 Å². The second kappa shape index (κ2) is 4.97. The van der Waals surface area contributed by atoms with Crippen LogP contribution in [0, 0.1) is 0 Å². The first kappa shape index (κ1) is 11.6. The molecule has 0 N–H and O–H groups in total. The molecule has 0 saturated carbocycles. The summed E-state index contributed by atoms with van der Waals surface area (Å²) in [6.07, 6.45) is 7.07. The number of fused-ring (bicyclic) bond motifs is 1. The molecule has 0 spiro atoms. The molecule has 0 radical (unpaired) electrons. The van der Waals surface area contributed by atoms with Gasteiger partial charge in [-0.25, -0.2) is 9.78 Å². The van der Waals surface area contributed by atoms with Crippen LogP contribution >= 0.6 is 11.6 Å². The van der Waals surface area contributed by atoms with E-state index in [4.69, 9.17) is 16.0 Å². The fourth-order valence-corrected chi connectivity index (χ4v) is 1.55. The van der Waals surface area contributed by atoms with Crippen LogP contribution in [-0.4, -0.2) is 4.98 Å². The Labute approximate surface area is 103 Å². The average Bonchev–Trinajstić information content (AvgIpc) is 2.28. The van der Waals surface area contributed by atoms with E-state index in [1.165, 1.54) is 0 Å². The Hall–Kier alpha value is -1.87. The van der Waals surface area contributed by atoms with Crippen LogP contribution in [0.5, 0.6) is 0 Å². The Kier molecular flexibility index (Phi) is 3.40. The quantitative estimate of drug-likeness (QED) is 0.764. The topological polar surface area (TPSA) is 43.1 Å². The molecule has 0 fully saturated rings. The maximum atomic E-state index is 11.6. The molecule has 2 rings (SSSR count). The molecule has 0 saturated heterocycles. The second-order valence-electron chi connectivity index (χ2n) is 3.39. The number of nitrogens with zero attached hydrogens (tertiary/aromatic N) is 1. The zero-order valence-corrected chi connectivity index (χ0v) is 9.94. The van der Waals surface area contributed by atoms with Gasteiger partial charge < -0.3 is 4.42 Å². The lowest BCUT2D eigenvalue weighted by Crippen LogP contribution is -2.02. The molecule has 0 unspecified atom stereocenters. The fourth-order valence-electron chi connectivity index (χ4n) is 1.38. The van der Waals surface area contributed by atoms with E-state index in [9.17, 15) is 4.79 Å². The highest BCUT2D eigenvalue weighted by molar-refractivity contribution is 6.31. The molecule has 86 valence electrons. The maximum absolute atomic E-state index is 11.6. The minimum absolute atomic E-state index is 0.267. The van der Waals surface area contributed by atoms with Gasteiger partial charge in [-0.1, -0.05) is 29.8 Å². The SMILES string of the molecule is C/C=C/C=C/c1nc2cc(Cl)ccc2c(=O)o1. The van der Waals surface area contributed by atoms with E-state index in [1.807, 2.05) is 19.1 Å². The molecule has 3 nitrogen and oxygen atoms in total. The van der Waals surface area contributed by atoms with Crippen LogP contribution in [0.4, 0.5) is 0 Å². The van der Waals surface area contributed by atoms with Crippen LogP contribution in [0.1, 0.15) is 12.8 Å². The van der Waals surface area contributed by atoms with Crippen LogP contribution in [0.25, 0.3) is 17.0 Å². The summed E-state index contributed by atoms with van der Waals surface area (Å²) >= 11 is 5.85. The third-order valence-electron chi connectivity index (χ3n) is 2.15. The fraction of sp³-hybridized carbons (Fsp3) is 0.0769. The molecule has 0 aliphatic heterocycles. The summed E-state index contributed by atoms with van der Waals surface area (Å²) in [5, 5.41) is 0.969. The van der Waals surface area contributed by atoms with Crippen molar-refractivity contribution >= 4 is 28.6 Å². The largest absolute Gasteiger partial charge is 0.404 e. The van der Waals surface area contributed by atoms with Gasteiger partial charge >= 0.3 is 5.63 Å². The standard InChI is InChI=1S/C13H10ClNO2/c1-2-3-4-5-12-15-11-8-9(14)6-7-10(11)13(16)17-12/h2-8H,1H3/b3-2+,5-4+. The molecule has 17 heavy (non-hydrogen) atoms. The Morgan fingerprint density at radius 2 is 2.18 bits per heavy atom. The number of benzene rings is 1. The first-order valence-corrected chi connectivity index (χ1v) is 5.48. The van der Waals surface area contributed by atoms with E-state index in [0.29, 0.717) is 15.9 Å². The molecular formula is C13H10ClNO2. The number of aromatic nitrogens is 1. The average molecular weight is 248 g/mol. The summed E-state index contributed by atoms with van der Waals surface area (Å²) in [7, 11) is 0. The van der Waals surface area contributed by atoms with Gasteiger partial charge in [-0.05, 0) is 25.1 Å². The Morgan fingerprint density at radius 3 is 2.94 bits per heavy atom. The van der Waals surface area contributed by atoms with E-state index in [1.54, 1.807) is 30.4 Å². The van der Waals surface area contributed by atoms with Crippen molar-refractivity contribution in [3.63, 3.8) is 0 Å². The molecule has 4 heteroatoms. The normalized spacial score (nSPS) is 11.9. The van der Waals surface area contributed by atoms with Gasteiger partial charge in [-0.2, -0.15) is 0 Å². The zero-order valence-electron chi connectivity index (χ0n) is 9.18. The Balaban J connectivity index is 2.57. The van der Waals surface area contributed by atoms with Crippen molar-refractivity contribution in [1.29, 1.82) is 0 Å². The Morgan fingerprint density at radius 1 is 1.35 bits per heavy atom. The van der Waals surface area contributed by atoms with Gasteiger partial charge in [-0.3, -0.25) is 0 Å². The predicted molar refractivity (Wildman–Crippen MR) is 69.1 cm³/mol. The van der Waals surface area contributed by atoms with Crippen molar-refractivity contribution in [2.75, 3.05) is 0 Å². The molecule has 0 atom stereocenters. The smallest absolute Gasteiger partial charge is 0.347 e. The first-order chi connectivity index (χ1) is 8.20. The van der Waals surface area contributed by atoms with Crippen LogP contribution in [0.2, 0.25) is 5.02 Å². The van der Waals surface area contributed by atoms with Crippen LogP contribution in [0.15, 0.2) is 45.6 Å². The van der Waals surface area contributed by atoms with Gasteiger partial charge in [0, 0.05) is 11.1 Å². The summed E-state index contributed by atoms with van der Waals surface area (Å²) in [5.74, 6) is 0.267. The lowest BCUT2D eigenvalue weighted by Gasteiger charge is -1.97. The molecular weight excluding hydrogens is 238 g/mol. The Bertz CT molecular complexity index is 656. The number of hydrogen-bond acceptors (Lipinski definition) is 3. The van der Waals surface area contributed by atoms with Crippen molar-refractivity contribution in [1.82, 2.24) is 4.98 Å². The van der Waals surface area contributed by atoms with Gasteiger partial charge in [-0.15, -0.1) is 0 Å². The summed E-state index contributed by atoms with van der Waals surface area (Å²) in [6.45, 7) is 1.90. The summed E-state index contributed by atoms with van der Waals surface area (Å²) < 4.78 is 5.05. The monoisotopic (exact) mass is 247 g/mol. The van der Waals surface area contributed by atoms with Gasteiger partial charge in [0.25, 0.3) is 0 Å². The van der Waals surface area contributed by atoms with Gasteiger partial charge in [0.2, 0.25) is 5.89 Å². The molecule has 0 bridgehead atoms. The van der Waals surface area contributed by atoms with Crippen LogP contribution < -0.4 is 5.63 Å². The molecule has 2 aromatic rings. The van der Waals surface area contributed by atoms with E-state index in [2.05, 4.69) is 4.98 Å². The maximum Gasteiger partial charge on any atom is 0.347 e. The highest BCUT2D eigenvalue weighted by Gasteiger charge is 2.04. The molecule has 1 aromatic carbocycles. The van der Waals surface area contributed by atoms with Crippen molar-refractivity contribution < 1.29 is 4.42 Å². The molecule has 0 aliphatic rings. The van der Waals surface area contributed by atoms with Crippen molar-refractivity contribution in [3.8, 4) is 0 Å². The predicted octanol–water partition coefficient (Wildman–Crippen LogP) is 3.43. The minimum atomic E-state index is -0.410. The zero-order chi connectivity index (χ0) is 12.3. The first-order valence-electron chi connectivity index (χ1n) is 5.10. The number of rotatable bonds is 2. The highest BCUT2D eigenvalue weighted by Crippen LogP contribution is 2.15. The molecule has 0 amide bonds. The van der Waals surface area contributed by atoms with Gasteiger partial charge in [0.05, 0.1) is 10.9 Å².